The van der Waals surface area contributed by atoms with E-state index in [4.69, 9.17) is 0 Å². The average molecular weight is 347 g/mol. The molecule has 0 radical (unpaired) electrons. The molecule has 2 heterocycles. The van der Waals surface area contributed by atoms with Gasteiger partial charge in [0.05, 0.1) is 0 Å². The number of pyridine rings is 1. The molecule has 0 bridgehead atoms. The maximum absolute atomic E-state index is 13.8. The summed E-state index contributed by atoms with van der Waals surface area (Å²) in [5.41, 5.74) is -0.745. The van der Waals surface area contributed by atoms with Crippen molar-refractivity contribution in [3.8, 4) is 0 Å². The predicted octanol–water partition coefficient (Wildman–Crippen LogP) is 3.11. The first-order valence-corrected chi connectivity index (χ1v) is 8.06. The van der Waals surface area contributed by atoms with Gasteiger partial charge in [-0.25, -0.2) is 0 Å². The van der Waals surface area contributed by atoms with Gasteiger partial charge in [-0.15, -0.1) is 0 Å². The van der Waals surface area contributed by atoms with E-state index in [1.165, 1.54) is 4.90 Å². The Morgan fingerprint density at radius 2 is 1.71 bits per heavy atom. The van der Waals surface area contributed by atoms with Gasteiger partial charge in [-0.2, -0.15) is 22.5 Å². The number of rotatable bonds is 5. The minimum atomic E-state index is -1.67. The fraction of sp³-hybridized carbons (Fsp3) is 0.625. The van der Waals surface area contributed by atoms with Crippen molar-refractivity contribution >= 4 is 11.6 Å². The topological polar surface area (TPSA) is 36.4 Å². The molecule has 4 nitrogen and oxygen atoms in total. The molecule has 0 atom stereocenters. The number of nitrogens with zero attached hydrogens (tertiary/aromatic N) is 3. The molecule has 134 valence electrons. The number of amides is 1. The lowest BCUT2D eigenvalue weighted by Gasteiger charge is -2.34. The molecule has 2 rings (SSSR count). The van der Waals surface area contributed by atoms with Gasteiger partial charge in [-0.05, 0) is 19.3 Å². The number of hydrogen-bond acceptors (Lipinski definition) is 3. The average Bonchev–Trinajstić information content (AvgIpc) is 2.58. The monoisotopic (exact) mass is 347 g/mol. The molecular formula is C16H21F4N3O. The number of piperidine rings is 1. The van der Waals surface area contributed by atoms with E-state index >= 15 is 0 Å². The molecule has 1 fully saturated rings. The molecule has 24 heavy (non-hydrogen) atoms. The third-order valence-corrected chi connectivity index (χ3v) is 4.36. The molecule has 1 aromatic rings. The highest BCUT2D eigenvalue weighted by Gasteiger charge is 2.31. The Hall–Kier alpha value is -1.86. The van der Waals surface area contributed by atoms with Gasteiger partial charge >= 0.3 is 0 Å². The van der Waals surface area contributed by atoms with Crippen LogP contribution in [0.25, 0.3) is 0 Å². The standard InChI is InChI=1S/C16H21F4N3O/c1-3-4-7-22(2)16(24)10-5-8-23(9-6-10)13-11(17)14(19)21-15(20)12(13)18/h10H,3-9H2,1-2H3. The summed E-state index contributed by atoms with van der Waals surface area (Å²) in [5.74, 6) is -6.58. The van der Waals surface area contributed by atoms with Crippen molar-refractivity contribution in [3.05, 3.63) is 23.5 Å². The second kappa shape index (κ2) is 7.81. The Balaban J connectivity index is 2.05. The van der Waals surface area contributed by atoms with Crippen molar-refractivity contribution in [2.45, 2.75) is 32.6 Å². The van der Waals surface area contributed by atoms with E-state index in [1.807, 2.05) is 6.92 Å². The Kier molecular flexibility index (Phi) is 6.01. The van der Waals surface area contributed by atoms with E-state index in [-0.39, 0.29) is 24.9 Å². The van der Waals surface area contributed by atoms with Gasteiger partial charge in [0.2, 0.25) is 17.5 Å². The number of halogens is 4. The van der Waals surface area contributed by atoms with Crippen molar-refractivity contribution in [2.75, 3.05) is 31.6 Å². The Bertz CT molecular complexity index is 577. The largest absolute Gasteiger partial charge is 0.366 e. The van der Waals surface area contributed by atoms with Gasteiger partial charge in [0.25, 0.3) is 11.9 Å². The van der Waals surface area contributed by atoms with Crippen molar-refractivity contribution in [1.29, 1.82) is 0 Å². The quantitative estimate of drug-likeness (QED) is 0.607. The summed E-state index contributed by atoms with van der Waals surface area (Å²) < 4.78 is 54.0. The highest BCUT2D eigenvalue weighted by Crippen LogP contribution is 2.30. The highest BCUT2D eigenvalue weighted by atomic mass is 19.2. The van der Waals surface area contributed by atoms with Crippen LogP contribution in [0.1, 0.15) is 32.6 Å². The van der Waals surface area contributed by atoms with Crippen molar-refractivity contribution in [1.82, 2.24) is 9.88 Å². The fourth-order valence-electron chi connectivity index (χ4n) is 2.92. The van der Waals surface area contributed by atoms with Crippen LogP contribution in [0.4, 0.5) is 23.2 Å². The minimum absolute atomic E-state index is 0.00358. The molecule has 1 amide bonds. The van der Waals surface area contributed by atoms with Crippen molar-refractivity contribution < 1.29 is 22.4 Å². The summed E-state index contributed by atoms with van der Waals surface area (Å²) in [5, 5.41) is 0. The van der Waals surface area contributed by atoms with Crippen LogP contribution in [0.15, 0.2) is 0 Å². The molecule has 0 N–H and O–H groups in total. The molecule has 1 saturated heterocycles. The molecule has 1 aliphatic rings. The van der Waals surface area contributed by atoms with Crippen LogP contribution in [0.5, 0.6) is 0 Å². The molecule has 1 aromatic heterocycles. The Labute approximate surface area is 138 Å². The first kappa shape index (κ1) is 18.5. The number of carbonyl (C=O) groups excluding carboxylic acids is 1. The molecule has 0 spiro atoms. The van der Waals surface area contributed by atoms with E-state index in [9.17, 15) is 22.4 Å². The zero-order chi connectivity index (χ0) is 17.9. The summed E-state index contributed by atoms with van der Waals surface area (Å²) in [6, 6.07) is 0. The maximum Gasteiger partial charge on any atom is 0.253 e. The first-order chi connectivity index (χ1) is 11.4. The molecule has 0 saturated carbocycles. The van der Waals surface area contributed by atoms with E-state index in [1.54, 1.807) is 11.9 Å². The summed E-state index contributed by atoms with van der Waals surface area (Å²) in [4.78, 5) is 17.8. The molecular weight excluding hydrogens is 326 g/mol. The zero-order valence-electron chi connectivity index (χ0n) is 13.8. The van der Waals surface area contributed by atoms with Crippen molar-refractivity contribution in [3.63, 3.8) is 0 Å². The molecule has 0 aromatic carbocycles. The van der Waals surface area contributed by atoms with Gasteiger partial charge in [0.15, 0.2) is 0 Å². The van der Waals surface area contributed by atoms with Crippen LogP contribution in [-0.4, -0.2) is 42.5 Å². The normalized spacial score (nSPS) is 15.7. The third kappa shape index (κ3) is 3.79. The minimum Gasteiger partial charge on any atom is -0.366 e. The van der Waals surface area contributed by atoms with Crippen LogP contribution in [-0.2, 0) is 4.79 Å². The first-order valence-electron chi connectivity index (χ1n) is 8.06. The van der Waals surface area contributed by atoms with Crippen LogP contribution in [0, 0.1) is 29.4 Å². The van der Waals surface area contributed by atoms with Crippen LogP contribution in [0.2, 0.25) is 0 Å². The Morgan fingerprint density at radius 3 is 2.21 bits per heavy atom. The van der Waals surface area contributed by atoms with Gasteiger partial charge < -0.3 is 9.80 Å². The van der Waals surface area contributed by atoms with Crippen molar-refractivity contribution in [2.24, 2.45) is 5.92 Å². The summed E-state index contributed by atoms with van der Waals surface area (Å²) in [6.07, 6.45) is 2.64. The van der Waals surface area contributed by atoms with E-state index in [0.29, 0.717) is 19.4 Å². The molecule has 0 aliphatic carbocycles. The zero-order valence-corrected chi connectivity index (χ0v) is 13.8. The number of hydrogen-bond donors (Lipinski definition) is 0. The van der Waals surface area contributed by atoms with E-state index in [2.05, 4.69) is 4.98 Å². The lowest BCUT2D eigenvalue weighted by atomic mass is 9.95. The number of aromatic nitrogens is 1. The van der Waals surface area contributed by atoms with E-state index in [0.717, 1.165) is 12.8 Å². The number of carbonyl (C=O) groups is 1. The molecule has 0 unspecified atom stereocenters. The second-order valence-corrected chi connectivity index (χ2v) is 6.04. The smallest absolute Gasteiger partial charge is 0.253 e. The maximum atomic E-state index is 13.8. The van der Waals surface area contributed by atoms with Gasteiger partial charge in [-0.3, -0.25) is 4.79 Å². The molecule has 1 aliphatic heterocycles. The lowest BCUT2D eigenvalue weighted by molar-refractivity contribution is -0.134. The number of anilines is 1. The van der Waals surface area contributed by atoms with Gasteiger partial charge in [-0.1, -0.05) is 13.3 Å². The summed E-state index contributed by atoms with van der Waals surface area (Å²) >= 11 is 0. The van der Waals surface area contributed by atoms with Crippen LogP contribution < -0.4 is 4.90 Å². The highest BCUT2D eigenvalue weighted by molar-refractivity contribution is 5.79. The third-order valence-electron chi connectivity index (χ3n) is 4.36. The predicted molar refractivity (Wildman–Crippen MR) is 81.6 cm³/mol. The van der Waals surface area contributed by atoms with Crippen LogP contribution in [0.3, 0.4) is 0 Å². The fourth-order valence-corrected chi connectivity index (χ4v) is 2.92. The number of unbranched alkanes of at least 4 members (excludes halogenated alkanes) is 1. The molecule has 8 heteroatoms. The van der Waals surface area contributed by atoms with Gasteiger partial charge in [0, 0.05) is 32.6 Å². The van der Waals surface area contributed by atoms with Gasteiger partial charge in [0.1, 0.15) is 5.69 Å². The van der Waals surface area contributed by atoms with E-state index < -0.39 is 29.2 Å². The summed E-state index contributed by atoms with van der Waals surface area (Å²) in [7, 11) is 1.73. The summed E-state index contributed by atoms with van der Waals surface area (Å²) in [6.45, 7) is 3.00. The Morgan fingerprint density at radius 1 is 1.17 bits per heavy atom. The SMILES string of the molecule is CCCCN(C)C(=O)C1CCN(c2c(F)c(F)nc(F)c2F)CC1. The van der Waals surface area contributed by atoms with Crippen LogP contribution >= 0.6 is 0 Å². The second-order valence-electron chi connectivity index (χ2n) is 6.04. The lowest BCUT2D eigenvalue weighted by Crippen LogP contribution is -2.42.